The number of hydrogen-bond acceptors (Lipinski definition) is 5. The largest absolute Gasteiger partial charge is 0.378 e. The molecular weight excluding hydrogens is 292 g/mol. The lowest BCUT2D eigenvalue weighted by Gasteiger charge is -2.27. The standard InChI is InChI=1S/C17H20N4O2/c1-13-4-2-3-5-14(13)17(22)19-12-15-18-7-6-16(20-15)21-8-10-23-11-9-21/h2-7H,8-12H2,1H3,(H,19,22). The van der Waals surface area contributed by atoms with Crippen LogP contribution in [0, 0.1) is 6.92 Å². The second-order valence-corrected chi connectivity index (χ2v) is 5.43. The minimum absolute atomic E-state index is 0.108. The number of ether oxygens (including phenoxy) is 1. The van der Waals surface area contributed by atoms with Crippen LogP contribution in [-0.4, -0.2) is 42.2 Å². The van der Waals surface area contributed by atoms with E-state index in [2.05, 4.69) is 20.2 Å². The number of nitrogens with one attached hydrogen (secondary N) is 1. The molecular formula is C17H20N4O2. The van der Waals surface area contributed by atoms with E-state index in [0.29, 0.717) is 31.1 Å². The van der Waals surface area contributed by atoms with Gasteiger partial charge in [0, 0.05) is 24.8 Å². The summed E-state index contributed by atoms with van der Waals surface area (Å²) in [4.78, 5) is 23.2. The first-order valence-electron chi connectivity index (χ1n) is 7.72. The van der Waals surface area contributed by atoms with Gasteiger partial charge < -0.3 is 15.0 Å². The number of amides is 1. The molecule has 2 aromatic rings. The molecule has 23 heavy (non-hydrogen) atoms. The second-order valence-electron chi connectivity index (χ2n) is 5.43. The number of anilines is 1. The van der Waals surface area contributed by atoms with Crippen LogP contribution in [0.3, 0.4) is 0 Å². The van der Waals surface area contributed by atoms with Gasteiger partial charge in [-0.25, -0.2) is 9.97 Å². The number of aromatic nitrogens is 2. The summed E-state index contributed by atoms with van der Waals surface area (Å²) in [5.41, 5.74) is 1.63. The molecule has 1 aliphatic heterocycles. The Bertz CT molecular complexity index is 684. The van der Waals surface area contributed by atoms with Crippen molar-refractivity contribution in [3.8, 4) is 0 Å². The Morgan fingerprint density at radius 1 is 1.26 bits per heavy atom. The van der Waals surface area contributed by atoms with Gasteiger partial charge in [0.15, 0.2) is 0 Å². The summed E-state index contributed by atoms with van der Waals surface area (Å²) < 4.78 is 5.35. The summed E-state index contributed by atoms with van der Waals surface area (Å²) in [6.07, 6.45) is 1.73. The van der Waals surface area contributed by atoms with E-state index in [1.54, 1.807) is 6.20 Å². The van der Waals surface area contributed by atoms with E-state index in [1.165, 1.54) is 0 Å². The number of hydrogen-bond donors (Lipinski definition) is 1. The Hall–Kier alpha value is -2.47. The maximum absolute atomic E-state index is 12.2. The smallest absolute Gasteiger partial charge is 0.251 e. The van der Waals surface area contributed by atoms with Crippen LogP contribution in [0.1, 0.15) is 21.7 Å². The van der Waals surface area contributed by atoms with Gasteiger partial charge in [0.25, 0.3) is 5.91 Å². The van der Waals surface area contributed by atoms with Crippen molar-refractivity contribution in [3.63, 3.8) is 0 Å². The van der Waals surface area contributed by atoms with Gasteiger partial charge in [-0.3, -0.25) is 4.79 Å². The molecule has 6 nitrogen and oxygen atoms in total. The third-order valence-electron chi connectivity index (χ3n) is 3.82. The summed E-state index contributed by atoms with van der Waals surface area (Å²) in [5, 5.41) is 2.88. The zero-order valence-electron chi connectivity index (χ0n) is 13.2. The van der Waals surface area contributed by atoms with Crippen LogP contribution in [0.5, 0.6) is 0 Å². The lowest BCUT2D eigenvalue weighted by atomic mass is 10.1. The third kappa shape index (κ3) is 3.84. The highest BCUT2D eigenvalue weighted by Crippen LogP contribution is 2.12. The van der Waals surface area contributed by atoms with E-state index in [4.69, 9.17) is 4.74 Å². The zero-order valence-corrected chi connectivity index (χ0v) is 13.2. The first-order valence-corrected chi connectivity index (χ1v) is 7.72. The van der Waals surface area contributed by atoms with Gasteiger partial charge in [-0.15, -0.1) is 0 Å². The molecule has 1 aliphatic rings. The molecule has 1 saturated heterocycles. The molecule has 1 aromatic carbocycles. The molecule has 0 bridgehead atoms. The molecule has 6 heteroatoms. The minimum atomic E-state index is -0.108. The van der Waals surface area contributed by atoms with Gasteiger partial charge in [0.2, 0.25) is 0 Å². The van der Waals surface area contributed by atoms with E-state index in [9.17, 15) is 4.79 Å². The summed E-state index contributed by atoms with van der Waals surface area (Å²) >= 11 is 0. The average molecular weight is 312 g/mol. The van der Waals surface area contributed by atoms with Gasteiger partial charge >= 0.3 is 0 Å². The lowest BCUT2D eigenvalue weighted by Crippen LogP contribution is -2.37. The zero-order chi connectivity index (χ0) is 16.1. The average Bonchev–Trinajstić information content (AvgIpc) is 2.61. The highest BCUT2D eigenvalue weighted by atomic mass is 16.5. The van der Waals surface area contributed by atoms with Crippen molar-refractivity contribution in [2.75, 3.05) is 31.2 Å². The van der Waals surface area contributed by atoms with E-state index in [0.717, 1.165) is 24.5 Å². The molecule has 1 fully saturated rings. The Morgan fingerprint density at radius 3 is 2.83 bits per heavy atom. The van der Waals surface area contributed by atoms with E-state index in [-0.39, 0.29) is 5.91 Å². The summed E-state index contributed by atoms with van der Waals surface area (Å²) in [5.74, 6) is 1.38. The molecule has 2 heterocycles. The highest BCUT2D eigenvalue weighted by molar-refractivity contribution is 5.95. The first kappa shape index (κ1) is 15.4. The fourth-order valence-corrected chi connectivity index (χ4v) is 2.52. The highest BCUT2D eigenvalue weighted by Gasteiger charge is 2.13. The van der Waals surface area contributed by atoms with Crippen molar-refractivity contribution in [1.82, 2.24) is 15.3 Å². The monoisotopic (exact) mass is 312 g/mol. The molecule has 0 radical (unpaired) electrons. The maximum atomic E-state index is 12.2. The molecule has 120 valence electrons. The lowest BCUT2D eigenvalue weighted by molar-refractivity contribution is 0.0949. The fourth-order valence-electron chi connectivity index (χ4n) is 2.52. The van der Waals surface area contributed by atoms with Gasteiger partial charge in [0.1, 0.15) is 11.6 Å². The third-order valence-corrected chi connectivity index (χ3v) is 3.82. The minimum Gasteiger partial charge on any atom is -0.378 e. The quantitative estimate of drug-likeness (QED) is 0.928. The summed E-state index contributed by atoms with van der Waals surface area (Å²) in [7, 11) is 0. The molecule has 0 unspecified atom stereocenters. The Kier molecular flexibility index (Phi) is 4.83. The van der Waals surface area contributed by atoms with Gasteiger partial charge in [-0.2, -0.15) is 0 Å². The number of aryl methyl sites for hydroxylation is 1. The van der Waals surface area contributed by atoms with Gasteiger partial charge in [-0.1, -0.05) is 18.2 Å². The van der Waals surface area contributed by atoms with Crippen LogP contribution in [0.15, 0.2) is 36.5 Å². The SMILES string of the molecule is Cc1ccccc1C(=O)NCc1nccc(N2CCOCC2)n1. The second kappa shape index (κ2) is 7.19. The molecule has 0 saturated carbocycles. The summed E-state index contributed by atoms with van der Waals surface area (Å²) in [6.45, 7) is 5.31. The number of carbonyl (C=O) groups excluding carboxylic acids is 1. The van der Waals surface area contributed by atoms with Gasteiger partial charge in [-0.05, 0) is 24.6 Å². The van der Waals surface area contributed by atoms with Crippen LogP contribution in [0.25, 0.3) is 0 Å². The van der Waals surface area contributed by atoms with Crippen molar-refractivity contribution < 1.29 is 9.53 Å². The number of benzene rings is 1. The molecule has 1 amide bonds. The molecule has 1 aromatic heterocycles. The van der Waals surface area contributed by atoms with Crippen molar-refractivity contribution in [2.24, 2.45) is 0 Å². The van der Waals surface area contributed by atoms with Crippen LogP contribution in [-0.2, 0) is 11.3 Å². The number of nitrogens with zero attached hydrogens (tertiary/aromatic N) is 3. The molecule has 3 rings (SSSR count). The van der Waals surface area contributed by atoms with E-state index < -0.39 is 0 Å². The Balaban J connectivity index is 1.64. The summed E-state index contributed by atoms with van der Waals surface area (Å²) in [6, 6.07) is 9.40. The van der Waals surface area contributed by atoms with Gasteiger partial charge in [0.05, 0.1) is 19.8 Å². The van der Waals surface area contributed by atoms with E-state index in [1.807, 2.05) is 37.3 Å². The van der Waals surface area contributed by atoms with Crippen LogP contribution >= 0.6 is 0 Å². The maximum Gasteiger partial charge on any atom is 0.251 e. The topological polar surface area (TPSA) is 67.4 Å². The molecule has 0 aliphatic carbocycles. The normalized spacial score (nSPS) is 14.6. The number of rotatable bonds is 4. The Morgan fingerprint density at radius 2 is 2.04 bits per heavy atom. The predicted octanol–water partition coefficient (Wildman–Crippen LogP) is 1.55. The van der Waals surface area contributed by atoms with Crippen molar-refractivity contribution in [3.05, 3.63) is 53.5 Å². The van der Waals surface area contributed by atoms with Crippen LogP contribution in [0.4, 0.5) is 5.82 Å². The number of morpholine rings is 1. The Labute approximate surface area is 135 Å². The number of carbonyl (C=O) groups is 1. The first-order chi connectivity index (χ1) is 11.2. The molecule has 1 N–H and O–H groups in total. The van der Waals surface area contributed by atoms with Crippen LogP contribution < -0.4 is 10.2 Å². The van der Waals surface area contributed by atoms with E-state index >= 15 is 0 Å². The predicted molar refractivity (Wildman–Crippen MR) is 87.4 cm³/mol. The fraction of sp³-hybridized carbons (Fsp3) is 0.353. The molecule has 0 spiro atoms. The van der Waals surface area contributed by atoms with Crippen molar-refractivity contribution in [1.29, 1.82) is 0 Å². The van der Waals surface area contributed by atoms with Crippen molar-refractivity contribution >= 4 is 11.7 Å². The van der Waals surface area contributed by atoms with Crippen molar-refractivity contribution in [2.45, 2.75) is 13.5 Å². The molecule has 0 atom stereocenters. The van der Waals surface area contributed by atoms with Crippen LogP contribution in [0.2, 0.25) is 0 Å².